The molecule has 1 heterocycles. The van der Waals surface area contributed by atoms with Gasteiger partial charge in [-0.25, -0.2) is 9.18 Å². The molecule has 0 amide bonds. The Kier molecular flexibility index (Phi) is 7.08. The van der Waals surface area contributed by atoms with Gasteiger partial charge in [0.2, 0.25) is 0 Å². The molecule has 1 fully saturated rings. The van der Waals surface area contributed by atoms with Crippen molar-refractivity contribution in [3.05, 3.63) is 69.3 Å². The van der Waals surface area contributed by atoms with Crippen LogP contribution in [0.15, 0.2) is 48.2 Å². The molecule has 0 saturated heterocycles. The van der Waals surface area contributed by atoms with Crippen molar-refractivity contribution in [2.24, 2.45) is 11.8 Å². The van der Waals surface area contributed by atoms with E-state index in [4.69, 9.17) is 16.7 Å². The second-order valence-corrected chi connectivity index (χ2v) is 8.79. The number of rotatable bonds is 7. The summed E-state index contributed by atoms with van der Waals surface area (Å²) in [5.74, 6) is -1.16. The summed E-state index contributed by atoms with van der Waals surface area (Å²) in [6.07, 6.45) is 6.08. The van der Waals surface area contributed by atoms with E-state index in [-0.39, 0.29) is 23.0 Å². The van der Waals surface area contributed by atoms with Crippen LogP contribution in [0.2, 0.25) is 0 Å². The average molecular weight is 421 g/mol. The van der Waals surface area contributed by atoms with Crippen LogP contribution in [0.25, 0.3) is 6.08 Å². The molecule has 0 bridgehead atoms. The van der Waals surface area contributed by atoms with Crippen molar-refractivity contribution in [1.82, 2.24) is 0 Å². The second-order valence-electron chi connectivity index (χ2n) is 7.06. The van der Waals surface area contributed by atoms with Crippen LogP contribution >= 0.6 is 22.9 Å². The van der Waals surface area contributed by atoms with Crippen molar-refractivity contribution < 1.29 is 19.4 Å². The lowest BCUT2D eigenvalue weighted by molar-refractivity contribution is 0.0702. The number of aliphatic hydroxyl groups is 1. The molecule has 1 saturated carbocycles. The number of halogens is 2. The molecule has 2 aromatic rings. The van der Waals surface area contributed by atoms with E-state index >= 15 is 0 Å². The van der Waals surface area contributed by atoms with Crippen LogP contribution in [0.5, 0.6) is 0 Å². The molecular weight excluding hydrogens is 399 g/mol. The van der Waals surface area contributed by atoms with Gasteiger partial charge < -0.3 is 10.2 Å². The van der Waals surface area contributed by atoms with Crippen molar-refractivity contribution in [2.75, 3.05) is 0 Å². The van der Waals surface area contributed by atoms with Crippen LogP contribution in [0, 0.1) is 17.7 Å². The fourth-order valence-corrected chi connectivity index (χ4v) is 5.05. The molecule has 6 heteroatoms. The Bertz CT molecular complexity index is 887. The molecule has 3 rings (SSSR count). The number of carbonyl (C=O) groups is 1. The van der Waals surface area contributed by atoms with Gasteiger partial charge in [0.1, 0.15) is 10.7 Å². The molecule has 0 radical (unpaired) electrons. The molecule has 0 unspecified atom stereocenters. The molecule has 28 heavy (non-hydrogen) atoms. The van der Waals surface area contributed by atoms with Crippen molar-refractivity contribution in [3.8, 4) is 0 Å². The first-order valence-corrected chi connectivity index (χ1v) is 10.5. The van der Waals surface area contributed by atoms with Crippen molar-refractivity contribution in [2.45, 2.75) is 37.2 Å². The molecule has 3 nitrogen and oxygen atoms in total. The van der Waals surface area contributed by atoms with Gasteiger partial charge in [-0.3, -0.25) is 0 Å². The van der Waals surface area contributed by atoms with E-state index in [1.165, 1.54) is 23.5 Å². The number of carboxylic acid groups (broad SMARTS) is 1. The Morgan fingerprint density at radius 2 is 2.18 bits per heavy atom. The van der Waals surface area contributed by atoms with Crippen molar-refractivity contribution in [3.63, 3.8) is 0 Å². The number of aromatic carboxylic acids is 1. The van der Waals surface area contributed by atoms with Gasteiger partial charge in [-0.05, 0) is 73.6 Å². The summed E-state index contributed by atoms with van der Waals surface area (Å²) in [7, 11) is 0. The van der Waals surface area contributed by atoms with Gasteiger partial charge in [0, 0.05) is 16.2 Å². The number of benzene rings is 1. The van der Waals surface area contributed by atoms with Crippen molar-refractivity contribution >= 4 is 35.0 Å². The van der Waals surface area contributed by atoms with Crippen LogP contribution < -0.4 is 0 Å². The fraction of sp³-hybridized carbons (Fsp3) is 0.364. The zero-order chi connectivity index (χ0) is 20.1. The third-order valence-electron chi connectivity index (χ3n) is 5.09. The first kappa shape index (κ1) is 20.8. The van der Waals surface area contributed by atoms with E-state index in [1.54, 1.807) is 24.3 Å². The molecule has 1 aromatic heterocycles. The summed E-state index contributed by atoms with van der Waals surface area (Å²) < 4.78 is 13.2. The zero-order valence-electron chi connectivity index (χ0n) is 15.2. The number of hydrogen-bond acceptors (Lipinski definition) is 3. The van der Waals surface area contributed by atoms with Crippen LogP contribution in [-0.4, -0.2) is 27.7 Å². The minimum absolute atomic E-state index is 0.0924. The maximum atomic E-state index is 13.2. The Morgan fingerprint density at radius 1 is 1.36 bits per heavy atom. The standard InChI is InChI=1S/C22H22ClFO3S/c23-19-13-20(25)18(9-2-5-14-4-1-6-15(24)12-14)17(19)8-3-7-16-10-11-21(28-16)22(26)27/h1,4-6,9-12,17-20,25H,3,7-8,13H2,(H,26,27)/t2?,17-,18-,19-,20-/m1/s1. The van der Waals surface area contributed by atoms with E-state index in [2.05, 4.69) is 5.73 Å². The fourth-order valence-electron chi connectivity index (χ4n) is 3.69. The maximum Gasteiger partial charge on any atom is 0.345 e. The van der Waals surface area contributed by atoms with Crippen LogP contribution in [0.1, 0.15) is 39.4 Å². The second kappa shape index (κ2) is 9.53. The van der Waals surface area contributed by atoms with Crippen LogP contribution in [-0.2, 0) is 6.42 Å². The minimum atomic E-state index is -0.897. The summed E-state index contributed by atoms with van der Waals surface area (Å²) in [6, 6.07) is 9.75. The van der Waals surface area contributed by atoms with Gasteiger partial charge in [0.25, 0.3) is 0 Å². The predicted molar refractivity (Wildman–Crippen MR) is 110 cm³/mol. The molecule has 148 valence electrons. The highest BCUT2D eigenvalue weighted by Crippen LogP contribution is 2.40. The lowest BCUT2D eigenvalue weighted by Gasteiger charge is -2.19. The highest BCUT2D eigenvalue weighted by Gasteiger charge is 2.39. The molecule has 1 aliphatic rings. The molecular formula is C22H22ClFO3S. The normalized spacial score (nSPS) is 24.0. The number of hydrogen-bond donors (Lipinski definition) is 2. The number of thiophene rings is 1. The lowest BCUT2D eigenvalue weighted by atomic mass is 9.89. The molecule has 2 N–H and O–H groups in total. The summed E-state index contributed by atoms with van der Waals surface area (Å²) in [6.45, 7) is 0. The minimum Gasteiger partial charge on any atom is -0.477 e. The first-order chi connectivity index (χ1) is 13.4. The van der Waals surface area contributed by atoms with E-state index in [1.807, 2.05) is 12.1 Å². The number of aryl methyl sites for hydroxylation is 1. The number of aliphatic hydroxyl groups excluding tert-OH is 1. The highest BCUT2D eigenvalue weighted by atomic mass is 35.5. The third kappa shape index (κ3) is 5.33. The quantitative estimate of drug-likeness (QED) is 0.467. The molecule has 4 atom stereocenters. The van der Waals surface area contributed by atoms with Crippen LogP contribution in [0.3, 0.4) is 0 Å². The van der Waals surface area contributed by atoms with E-state index in [0.29, 0.717) is 11.3 Å². The Labute approximate surface area is 172 Å². The van der Waals surface area contributed by atoms with Gasteiger partial charge in [-0.1, -0.05) is 12.1 Å². The highest BCUT2D eigenvalue weighted by molar-refractivity contribution is 7.13. The zero-order valence-corrected chi connectivity index (χ0v) is 16.8. The van der Waals surface area contributed by atoms with Crippen LogP contribution in [0.4, 0.5) is 4.39 Å². The van der Waals surface area contributed by atoms with Gasteiger partial charge in [-0.15, -0.1) is 28.7 Å². The summed E-state index contributed by atoms with van der Waals surface area (Å²) in [4.78, 5) is 12.4. The van der Waals surface area contributed by atoms with Gasteiger partial charge >= 0.3 is 5.97 Å². The Hall–Kier alpha value is -1.91. The molecule has 0 aliphatic heterocycles. The number of alkyl halides is 1. The largest absolute Gasteiger partial charge is 0.477 e. The lowest BCUT2D eigenvalue weighted by Crippen LogP contribution is -2.18. The predicted octanol–water partition coefficient (Wildman–Crippen LogP) is 5.38. The third-order valence-corrected chi connectivity index (χ3v) is 6.73. The first-order valence-electron chi connectivity index (χ1n) is 9.26. The SMILES string of the molecule is O=C(O)c1ccc(CCC[C@@H]2[C@@H](C=C=Cc3cccc(F)c3)[C@H](O)C[C@H]2Cl)s1. The monoisotopic (exact) mass is 420 g/mol. The van der Waals surface area contributed by atoms with Gasteiger partial charge in [0.05, 0.1) is 6.10 Å². The number of carboxylic acids is 1. The van der Waals surface area contributed by atoms with Crippen molar-refractivity contribution in [1.29, 1.82) is 0 Å². The molecule has 1 aliphatic carbocycles. The van der Waals surface area contributed by atoms with Gasteiger partial charge in [0.15, 0.2) is 0 Å². The summed E-state index contributed by atoms with van der Waals surface area (Å²) in [5, 5.41) is 19.3. The van der Waals surface area contributed by atoms with E-state index in [9.17, 15) is 14.3 Å². The van der Waals surface area contributed by atoms with E-state index in [0.717, 1.165) is 29.7 Å². The Morgan fingerprint density at radius 3 is 2.89 bits per heavy atom. The summed E-state index contributed by atoms with van der Waals surface area (Å²) >= 11 is 7.77. The molecule has 1 aromatic carbocycles. The van der Waals surface area contributed by atoms with Gasteiger partial charge in [-0.2, -0.15) is 0 Å². The maximum absolute atomic E-state index is 13.2. The Balaban J connectivity index is 1.61. The molecule has 0 spiro atoms. The smallest absolute Gasteiger partial charge is 0.345 e. The average Bonchev–Trinajstić information content (AvgIpc) is 3.21. The van der Waals surface area contributed by atoms with E-state index < -0.39 is 12.1 Å². The summed E-state index contributed by atoms with van der Waals surface area (Å²) in [5.41, 5.74) is 3.79. The topological polar surface area (TPSA) is 57.5 Å².